The van der Waals surface area contributed by atoms with Crippen molar-refractivity contribution in [3.63, 3.8) is 0 Å². The minimum absolute atomic E-state index is 0.0366. The number of ether oxygens (including phenoxy) is 1. The molecule has 2 N–H and O–H groups in total. The van der Waals surface area contributed by atoms with Crippen molar-refractivity contribution in [3.05, 3.63) is 11.7 Å². The van der Waals surface area contributed by atoms with Crippen LogP contribution in [0.3, 0.4) is 0 Å². The number of carbonyl (C=O) groups excluding carboxylic acids is 1. The fourth-order valence-electron chi connectivity index (χ4n) is 4.16. The Kier molecular flexibility index (Phi) is 5.73. The molecule has 3 rings (SSSR count). The zero-order valence-electron chi connectivity index (χ0n) is 15.9. The molecule has 1 aromatic heterocycles. The minimum atomic E-state index is -3.31. The summed E-state index contributed by atoms with van der Waals surface area (Å²) in [7, 11) is -1.73. The smallest absolute Gasteiger partial charge is 0.317 e. The first kappa shape index (κ1) is 20.0. The molecular weight excluding hydrogens is 374 g/mol. The molecule has 10 nitrogen and oxygen atoms in total. The number of nitrogens with zero attached hydrogens (tertiary/aromatic N) is 3. The predicted molar refractivity (Wildman–Crippen MR) is 96.7 cm³/mol. The molecule has 1 saturated heterocycles. The molecule has 2 fully saturated rings. The maximum absolute atomic E-state index is 12.5. The summed E-state index contributed by atoms with van der Waals surface area (Å²) in [6.45, 7) is 5.17. The van der Waals surface area contributed by atoms with E-state index in [2.05, 4.69) is 20.2 Å². The molecule has 0 unspecified atom stereocenters. The molecule has 152 valence electrons. The lowest BCUT2D eigenvalue weighted by molar-refractivity contribution is 0.181. The van der Waals surface area contributed by atoms with Gasteiger partial charge in [0.15, 0.2) is 5.82 Å². The number of amides is 2. The number of nitrogens with one attached hydrogen (secondary N) is 2. The van der Waals surface area contributed by atoms with Crippen molar-refractivity contribution >= 4 is 16.1 Å². The third kappa shape index (κ3) is 4.09. The second-order valence-corrected chi connectivity index (χ2v) is 9.31. The van der Waals surface area contributed by atoms with Gasteiger partial charge in [0.05, 0.1) is 17.8 Å². The number of aromatic nitrogens is 2. The standard InChI is InChI=1S/C16H27N5O5S/c1-4-27(23,24)20-13-7-12-9-21(15(22)17-5-6-25-3)10-16(12,8-13)14-18-11(2)19-26-14/h12-13,20H,4-10H2,1-3H3,(H,17,22)/t12-,13+,16-/m0/s1. The van der Waals surface area contributed by atoms with E-state index >= 15 is 0 Å². The lowest BCUT2D eigenvalue weighted by Crippen LogP contribution is -2.43. The van der Waals surface area contributed by atoms with Crippen LogP contribution in [-0.4, -0.2) is 74.6 Å². The predicted octanol–water partition coefficient (Wildman–Crippen LogP) is 0.00532. The van der Waals surface area contributed by atoms with Crippen molar-refractivity contribution in [3.8, 4) is 0 Å². The molecule has 0 bridgehead atoms. The molecule has 0 radical (unpaired) electrons. The summed E-state index contributed by atoms with van der Waals surface area (Å²) in [5, 5.41) is 6.73. The number of hydrogen-bond donors (Lipinski definition) is 2. The van der Waals surface area contributed by atoms with E-state index in [0.29, 0.717) is 50.8 Å². The lowest BCUT2D eigenvalue weighted by Gasteiger charge is -2.25. The molecule has 11 heteroatoms. The van der Waals surface area contributed by atoms with Crippen molar-refractivity contribution in [2.45, 2.75) is 38.1 Å². The Bertz CT molecular complexity index is 782. The van der Waals surface area contributed by atoms with Crippen LogP contribution in [0.4, 0.5) is 4.79 Å². The van der Waals surface area contributed by atoms with E-state index in [1.807, 2.05) is 0 Å². The molecule has 1 saturated carbocycles. The third-order valence-corrected chi connectivity index (χ3v) is 6.88. The van der Waals surface area contributed by atoms with Gasteiger partial charge < -0.3 is 19.5 Å². The van der Waals surface area contributed by atoms with E-state index in [1.54, 1.807) is 25.9 Å². The fraction of sp³-hybridized carbons (Fsp3) is 0.812. The van der Waals surface area contributed by atoms with Gasteiger partial charge in [0, 0.05) is 32.8 Å². The van der Waals surface area contributed by atoms with Crippen molar-refractivity contribution in [2.24, 2.45) is 5.92 Å². The number of urea groups is 1. The van der Waals surface area contributed by atoms with Crippen LogP contribution in [0.5, 0.6) is 0 Å². The summed E-state index contributed by atoms with van der Waals surface area (Å²) in [6, 6.07) is -0.367. The van der Waals surface area contributed by atoms with E-state index in [0.717, 1.165) is 0 Å². The number of hydrogen-bond acceptors (Lipinski definition) is 7. The number of likely N-dealkylation sites (tertiary alicyclic amines) is 1. The Labute approximate surface area is 159 Å². The van der Waals surface area contributed by atoms with E-state index < -0.39 is 15.4 Å². The highest BCUT2D eigenvalue weighted by Gasteiger charge is 2.58. The van der Waals surface area contributed by atoms with Crippen molar-refractivity contribution in [2.75, 3.05) is 39.1 Å². The SMILES string of the molecule is CCS(=O)(=O)N[C@@H]1C[C@H]2CN(C(=O)NCCOC)C[C@@]2(c2nc(C)no2)C1. The molecule has 0 spiro atoms. The molecule has 27 heavy (non-hydrogen) atoms. The second-order valence-electron chi connectivity index (χ2n) is 7.26. The summed E-state index contributed by atoms with van der Waals surface area (Å²) >= 11 is 0. The number of carbonyl (C=O) groups is 1. The van der Waals surface area contributed by atoms with Gasteiger partial charge in [-0.15, -0.1) is 0 Å². The summed E-state index contributed by atoms with van der Waals surface area (Å²) in [5.41, 5.74) is -0.527. The second kappa shape index (κ2) is 7.72. The van der Waals surface area contributed by atoms with Gasteiger partial charge in [0.25, 0.3) is 0 Å². The van der Waals surface area contributed by atoms with Crippen LogP contribution >= 0.6 is 0 Å². The minimum Gasteiger partial charge on any atom is -0.383 e. The summed E-state index contributed by atoms with van der Waals surface area (Å²) in [4.78, 5) is 18.6. The average Bonchev–Trinajstić information content (AvgIpc) is 3.27. The van der Waals surface area contributed by atoms with Gasteiger partial charge in [-0.3, -0.25) is 0 Å². The highest BCUT2D eigenvalue weighted by molar-refractivity contribution is 7.89. The highest BCUT2D eigenvalue weighted by Crippen LogP contribution is 2.50. The number of sulfonamides is 1. The van der Waals surface area contributed by atoms with Crippen LogP contribution in [0.15, 0.2) is 4.52 Å². The van der Waals surface area contributed by atoms with Gasteiger partial charge in [-0.2, -0.15) is 4.98 Å². The van der Waals surface area contributed by atoms with Crippen LogP contribution in [0.1, 0.15) is 31.5 Å². The molecule has 0 aromatic carbocycles. The summed E-state index contributed by atoms with van der Waals surface area (Å²) in [5.74, 6) is 1.10. The maximum atomic E-state index is 12.5. The van der Waals surface area contributed by atoms with Crippen LogP contribution in [-0.2, 0) is 20.2 Å². The van der Waals surface area contributed by atoms with E-state index in [1.165, 1.54) is 0 Å². The van der Waals surface area contributed by atoms with Gasteiger partial charge in [0.2, 0.25) is 15.9 Å². The largest absolute Gasteiger partial charge is 0.383 e. The first-order chi connectivity index (χ1) is 12.8. The topological polar surface area (TPSA) is 127 Å². The summed E-state index contributed by atoms with van der Waals surface area (Å²) < 4.78 is 37.2. The van der Waals surface area contributed by atoms with Crippen LogP contribution < -0.4 is 10.0 Å². The number of methoxy groups -OCH3 is 1. The number of rotatable bonds is 7. The fourth-order valence-corrected chi connectivity index (χ4v) is 5.01. The monoisotopic (exact) mass is 401 g/mol. The molecule has 2 heterocycles. The molecule has 1 aliphatic heterocycles. The van der Waals surface area contributed by atoms with E-state index in [4.69, 9.17) is 9.26 Å². The zero-order chi connectivity index (χ0) is 19.7. The maximum Gasteiger partial charge on any atom is 0.317 e. The Hall–Kier alpha value is -1.72. The third-order valence-electron chi connectivity index (χ3n) is 5.42. The van der Waals surface area contributed by atoms with Crippen molar-refractivity contribution in [1.82, 2.24) is 25.1 Å². The average molecular weight is 401 g/mol. The number of fused-ring (bicyclic) bond motifs is 1. The van der Waals surface area contributed by atoms with Gasteiger partial charge >= 0.3 is 6.03 Å². The highest BCUT2D eigenvalue weighted by atomic mass is 32.2. The van der Waals surface area contributed by atoms with Gasteiger partial charge in [-0.1, -0.05) is 5.16 Å². The normalized spacial score (nSPS) is 27.7. The molecule has 2 aliphatic rings. The van der Waals surface area contributed by atoms with Crippen LogP contribution in [0.25, 0.3) is 0 Å². The Morgan fingerprint density at radius 3 is 2.89 bits per heavy atom. The Balaban J connectivity index is 1.78. The van der Waals surface area contributed by atoms with Crippen molar-refractivity contribution in [1.29, 1.82) is 0 Å². The lowest BCUT2D eigenvalue weighted by atomic mass is 9.80. The molecule has 1 aromatic rings. The van der Waals surface area contributed by atoms with Gasteiger partial charge in [-0.25, -0.2) is 17.9 Å². The zero-order valence-corrected chi connectivity index (χ0v) is 16.7. The molecular formula is C16H27N5O5S. The molecule has 2 amide bonds. The van der Waals surface area contributed by atoms with Crippen LogP contribution in [0.2, 0.25) is 0 Å². The van der Waals surface area contributed by atoms with Crippen LogP contribution in [0, 0.1) is 12.8 Å². The molecule has 1 aliphatic carbocycles. The first-order valence-corrected chi connectivity index (χ1v) is 10.8. The Morgan fingerprint density at radius 2 is 2.26 bits per heavy atom. The quantitative estimate of drug-likeness (QED) is 0.616. The molecule has 3 atom stereocenters. The number of aryl methyl sites for hydroxylation is 1. The van der Waals surface area contributed by atoms with Gasteiger partial charge in [-0.05, 0) is 32.6 Å². The summed E-state index contributed by atoms with van der Waals surface area (Å²) in [6.07, 6.45) is 1.16. The van der Waals surface area contributed by atoms with E-state index in [-0.39, 0.29) is 23.7 Å². The first-order valence-electron chi connectivity index (χ1n) is 9.12. The Morgan fingerprint density at radius 1 is 1.48 bits per heavy atom. The van der Waals surface area contributed by atoms with E-state index in [9.17, 15) is 13.2 Å². The van der Waals surface area contributed by atoms with Crippen molar-refractivity contribution < 1.29 is 22.5 Å². The van der Waals surface area contributed by atoms with Gasteiger partial charge in [0.1, 0.15) is 0 Å².